The van der Waals surface area contributed by atoms with Gasteiger partial charge in [0.2, 0.25) is 0 Å². The number of likely N-dealkylation sites (N-methyl/N-ethyl adjacent to an activating group) is 1. The van der Waals surface area contributed by atoms with Crippen molar-refractivity contribution in [3.05, 3.63) is 0 Å². The largest absolute Gasteiger partial charge is 0.394 e. The van der Waals surface area contributed by atoms with Crippen LogP contribution in [0.4, 0.5) is 0 Å². The van der Waals surface area contributed by atoms with Crippen LogP contribution in [0, 0.1) is 0 Å². The highest BCUT2D eigenvalue weighted by Crippen LogP contribution is 2.14. The molecule has 0 saturated carbocycles. The molecule has 0 amide bonds. The summed E-state index contributed by atoms with van der Waals surface area (Å²) in [5.74, 6) is 0. The van der Waals surface area contributed by atoms with Crippen LogP contribution in [0.2, 0.25) is 0 Å². The van der Waals surface area contributed by atoms with Gasteiger partial charge in [0.1, 0.15) is 0 Å². The molecule has 1 unspecified atom stereocenters. The van der Waals surface area contributed by atoms with Crippen molar-refractivity contribution in [3.63, 3.8) is 0 Å². The van der Waals surface area contributed by atoms with Gasteiger partial charge in [-0.1, -0.05) is 27.2 Å². The maximum atomic E-state index is 9.42. The standard InChI is InChI=1S/C15H34N2O/c1-6-14(7-2)17(5)12-10-9-11-15(4,13-18)16-8-3/h14,16,18H,6-13H2,1-5H3. The van der Waals surface area contributed by atoms with E-state index in [1.54, 1.807) is 0 Å². The zero-order valence-corrected chi connectivity index (χ0v) is 13.1. The molecule has 0 aliphatic rings. The number of rotatable bonds is 11. The highest BCUT2D eigenvalue weighted by molar-refractivity contribution is 4.81. The van der Waals surface area contributed by atoms with Crippen molar-refractivity contribution in [3.8, 4) is 0 Å². The monoisotopic (exact) mass is 258 g/mol. The van der Waals surface area contributed by atoms with E-state index in [0.29, 0.717) is 0 Å². The first-order chi connectivity index (χ1) is 8.52. The van der Waals surface area contributed by atoms with Gasteiger partial charge in [0.25, 0.3) is 0 Å². The number of aliphatic hydroxyl groups is 1. The molecule has 0 bridgehead atoms. The Morgan fingerprint density at radius 2 is 1.78 bits per heavy atom. The fourth-order valence-electron chi connectivity index (χ4n) is 2.62. The molecule has 0 aliphatic heterocycles. The molecule has 0 aliphatic carbocycles. The molecule has 0 fully saturated rings. The predicted octanol–water partition coefficient (Wildman–Crippen LogP) is 2.64. The van der Waals surface area contributed by atoms with Gasteiger partial charge in [0, 0.05) is 11.6 Å². The molecule has 0 aromatic heterocycles. The highest BCUT2D eigenvalue weighted by atomic mass is 16.3. The molecule has 0 spiro atoms. The van der Waals surface area contributed by atoms with Crippen LogP contribution in [-0.2, 0) is 0 Å². The Morgan fingerprint density at radius 1 is 1.17 bits per heavy atom. The first-order valence-electron chi connectivity index (χ1n) is 7.59. The fraction of sp³-hybridized carbons (Fsp3) is 1.00. The molecule has 0 aromatic rings. The summed E-state index contributed by atoms with van der Waals surface area (Å²) < 4.78 is 0. The minimum atomic E-state index is -0.0950. The topological polar surface area (TPSA) is 35.5 Å². The second-order valence-electron chi connectivity index (χ2n) is 5.66. The molecule has 18 heavy (non-hydrogen) atoms. The zero-order valence-electron chi connectivity index (χ0n) is 13.1. The van der Waals surface area contributed by atoms with Crippen molar-refractivity contribution < 1.29 is 5.11 Å². The third-order valence-corrected chi connectivity index (χ3v) is 4.01. The highest BCUT2D eigenvalue weighted by Gasteiger charge is 2.21. The van der Waals surface area contributed by atoms with Gasteiger partial charge in [-0.2, -0.15) is 0 Å². The van der Waals surface area contributed by atoms with Crippen molar-refractivity contribution >= 4 is 0 Å². The predicted molar refractivity (Wildman–Crippen MR) is 80.0 cm³/mol. The van der Waals surface area contributed by atoms with Crippen molar-refractivity contribution in [1.29, 1.82) is 0 Å². The van der Waals surface area contributed by atoms with Crippen LogP contribution in [0.25, 0.3) is 0 Å². The molecule has 2 N–H and O–H groups in total. The quantitative estimate of drug-likeness (QED) is 0.559. The molecular weight excluding hydrogens is 224 g/mol. The lowest BCUT2D eigenvalue weighted by Crippen LogP contribution is -2.45. The van der Waals surface area contributed by atoms with E-state index in [1.165, 1.54) is 32.2 Å². The Morgan fingerprint density at radius 3 is 2.22 bits per heavy atom. The molecule has 0 aromatic carbocycles. The molecular formula is C15H34N2O. The lowest BCUT2D eigenvalue weighted by Gasteiger charge is -2.29. The summed E-state index contributed by atoms with van der Waals surface area (Å²) in [6, 6.07) is 0.725. The summed E-state index contributed by atoms with van der Waals surface area (Å²) in [5.41, 5.74) is -0.0950. The van der Waals surface area contributed by atoms with Crippen LogP contribution in [0.5, 0.6) is 0 Å². The van der Waals surface area contributed by atoms with Crippen molar-refractivity contribution in [2.24, 2.45) is 0 Å². The van der Waals surface area contributed by atoms with Crippen LogP contribution in [0.1, 0.15) is 59.8 Å². The third kappa shape index (κ3) is 6.72. The Hall–Kier alpha value is -0.120. The summed E-state index contributed by atoms with van der Waals surface area (Å²) in [4.78, 5) is 2.48. The van der Waals surface area contributed by atoms with Crippen LogP contribution < -0.4 is 5.32 Å². The number of nitrogens with one attached hydrogen (secondary N) is 1. The van der Waals surface area contributed by atoms with Gasteiger partial charge in [0.05, 0.1) is 6.61 Å². The molecule has 0 rings (SSSR count). The number of hydrogen-bond donors (Lipinski definition) is 2. The molecule has 0 radical (unpaired) electrons. The van der Waals surface area contributed by atoms with Crippen LogP contribution in [0.3, 0.4) is 0 Å². The smallest absolute Gasteiger partial charge is 0.0610 e. The third-order valence-electron chi connectivity index (χ3n) is 4.01. The normalized spacial score (nSPS) is 15.3. The lowest BCUT2D eigenvalue weighted by atomic mass is 9.95. The van der Waals surface area contributed by atoms with Crippen LogP contribution in [-0.4, -0.2) is 48.3 Å². The molecule has 0 heterocycles. The maximum Gasteiger partial charge on any atom is 0.0610 e. The van der Waals surface area contributed by atoms with Gasteiger partial charge in [-0.05, 0) is 52.7 Å². The summed E-state index contributed by atoms with van der Waals surface area (Å²) in [5, 5.41) is 12.8. The summed E-state index contributed by atoms with van der Waals surface area (Å²) in [6.45, 7) is 11.0. The van der Waals surface area contributed by atoms with E-state index >= 15 is 0 Å². The number of unbranched alkanes of at least 4 members (excludes halogenated alkanes) is 1. The van der Waals surface area contributed by atoms with Gasteiger partial charge in [-0.15, -0.1) is 0 Å². The number of nitrogens with zero attached hydrogens (tertiary/aromatic N) is 1. The molecule has 1 atom stereocenters. The zero-order chi connectivity index (χ0) is 14.0. The Kier molecular flexibility index (Phi) is 9.70. The van der Waals surface area contributed by atoms with Crippen LogP contribution in [0.15, 0.2) is 0 Å². The van der Waals surface area contributed by atoms with Gasteiger partial charge in [-0.3, -0.25) is 0 Å². The minimum absolute atomic E-state index is 0.0950. The van der Waals surface area contributed by atoms with Gasteiger partial charge < -0.3 is 15.3 Å². The summed E-state index contributed by atoms with van der Waals surface area (Å²) in [6.07, 6.45) is 5.91. The lowest BCUT2D eigenvalue weighted by molar-refractivity contribution is 0.161. The fourth-order valence-corrected chi connectivity index (χ4v) is 2.62. The van der Waals surface area contributed by atoms with Gasteiger partial charge in [-0.25, -0.2) is 0 Å². The molecule has 110 valence electrons. The second kappa shape index (κ2) is 9.76. The van der Waals surface area contributed by atoms with E-state index in [9.17, 15) is 5.11 Å². The minimum Gasteiger partial charge on any atom is -0.394 e. The Labute approximate surface area is 114 Å². The van der Waals surface area contributed by atoms with E-state index in [4.69, 9.17) is 0 Å². The summed E-state index contributed by atoms with van der Waals surface area (Å²) in [7, 11) is 2.23. The summed E-state index contributed by atoms with van der Waals surface area (Å²) >= 11 is 0. The first-order valence-corrected chi connectivity index (χ1v) is 7.59. The van der Waals surface area contributed by atoms with Crippen molar-refractivity contribution in [1.82, 2.24) is 10.2 Å². The average molecular weight is 258 g/mol. The second-order valence-corrected chi connectivity index (χ2v) is 5.66. The van der Waals surface area contributed by atoms with E-state index in [-0.39, 0.29) is 12.1 Å². The van der Waals surface area contributed by atoms with Crippen molar-refractivity contribution in [2.75, 3.05) is 26.7 Å². The molecule has 3 heteroatoms. The Bertz CT molecular complexity index is 195. The van der Waals surface area contributed by atoms with Gasteiger partial charge in [0.15, 0.2) is 0 Å². The molecule has 3 nitrogen and oxygen atoms in total. The van der Waals surface area contributed by atoms with Gasteiger partial charge >= 0.3 is 0 Å². The van der Waals surface area contributed by atoms with Crippen molar-refractivity contribution in [2.45, 2.75) is 71.4 Å². The maximum absolute atomic E-state index is 9.42. The van der Waals surface area contributed by atoms with E-state index in [2.05, 4.69) is 45.0 Å². The SMILES string of the molecule is CCNC(C)(CO)CCCCN(C)C(CC)CC. The van der Waals surface area contributed by atoms with E-state index in [1.807, 2.05) is 0 Å². The first kappa shape index (κ1) is 17.9. The van der Waals surface area contributed by atoms with Crippen LogP contribution >= 0.6 is 0 Å². The van der Waals surface area contributed by atoms with E-state index < -0.39 is 0 Å². The number of hydrogen-bond acceptors (Lipinski definition) is 3. The number of aliphatic hydroxyl groups excluding tert-OH is 1. The average Bonchev–Trinajstić information content (AvgIpc) is 2.36. The van der Waals surface area contributed by atoms with E-state index in [0.717, 1.165) is 19.0 Å². The molecule has 0 saturated heterocycles. The Balaban J connectivity index is 3.84.